The number of hydrogen-bond donors (Lipinski definition) is 1. The second-order valence-corrected chi connectivity index (χ2v) is 6.54. The first-order valence-corrected chi connectivity index (χ1v) is 8.60. The zero-order chi connectivity index (χ0) is 17.1. The summed E-state index contributed by atoms with van der Waals surface area (Å²) in [6, 6.07) is 12.2. The van der Waals surface area contributed by atoms with E-state index in [2.05, 4.69) is 53.2 Å². The number of nitrogens with one attached hydrogen (secondary N) is 1. The number of imidazole rings is 1. The lowest BCUT2D eigenvalue weighted by Crippen LogP contribution is -2.10. The van der Waals surface area contributed by atoms with Gasteiger partial charge in [0.2, 0.25) is 0 Å². The normalized spacial score (nSPS) is 10.8. The second-order valence-electron chi connectivity index (χ2n) is 5.58. The molecule has 126 valence electrons. The first kappa shape index (κ1) is 16.5. The summed E-state index contributed by atoms with van der Waals surface area (Å²) in [5.74, 6) is 2.23. The Morgan fingerprint density at radius 2 is 1.79 bits per heavy atom. The highest BCUT2D eigenvalue weighted by atomic mass is 32.2. The number of benzene rings is 2. The molecule has 0 saturated heterocycles. The molecule has 0 unspecified atom stereocenters. The van der Waals surface area contributed by atoms with Gasteiger partial charge in [0.05, 0.1) is 25.3 Å². The number of thioether (sulfide) groups is 1. The Balaban J connectivity index is 1.84. The van der Waals surface area contributed by atoms with Crippen LogP contribution in [0.2, 0.25) is 0 Å². The first-order valence-electron chi connectivity index (χ1n) is 7.62. The third kappa shape index (κ3) is 3.28. The minimum absolute atomic E-state index is 0.686. The highest BCUT2D eigenvalue weighted by molar-refractivity contribution is 7.98. The number of aromatic amines is 1. The molecule has 0 saturated carbocycles. The van der Waals surface area contributed by atoms with Gasteiger partial charge in [-0.2, -0.15) is 0 Å². The molecule has 0 spiro atoms. The molecule has 1 heterocycles. The molecular formula is C18H21N3O2S. The number of H-pyrrole nitrogens is 1. The van der Waals surface area contributed by atoms with E-state index in [0.717, 1.165) is 21.9 Å². The molecule has 0 radical (unpaired) electrons. The molecule has 2 aromatic carbocycles. The molecule has 24 heavy (non-hydrogen) atoms. The maximum Gasteiger partial charge on any atom is 0.166 e. The van der Waals surface area contributed by atoms with Gasteiger partial charge in [0.15, 0.2) is 16.7 Å². The number of methoxy groups -OCH3 is 2. The Labute approximate surface area is 146 Å². The van der Waals surface area contributed by atoms with Gasteiger partial charge in [0.1, 0.15) is 0 Å². The Morgan fingerprint density at radius 3 is 2.50 bits per heavy atom. The number of hydrogen-bond acceptors (Lipinski definition) is 5. The number of nitrogens with zero attached hydrogens (tertiary/aromatic N) is 2. The van der Waals surface area contributed by atoms with Gasteiger partial charge < -0.3 is 19.4 Å². The van der Waals surface area contributed by atoms with E-state index in [1.54, 1.807) is 26.0 Å². The van der Waals surface area contributed by atoms with Crippen molar-refractivity contribution in [3.05, 3.63) is 42.0 Å². The fourth-order valence-corrected chi connectivity index (χ4v) is 3.48. The van der Waals surface area contributed by atoms with Crippen LogP contribution in [0.3, 0.4) is 0 Å². The fraction of sp³-hybridized carbons (Fsp3) is 0.278. The van der Waals surface area contributed by atoms with Crippen LogP contribution in [0.4, 0.5) is 5.69 Å². The van der Waals surface area contributed by atoms with Crippen molar-refractivity contribution in [3.8, 4) is 11.5 Å². The molecule has 3 aromatic rings. The zero-order valence-electron chi connectivity index (χ0n) is 14.3. The molecule has 1 aromatic heterocycles. The molecule has 0 aliphatic carbocycles. The highest BCUT2D eigenvalue weighted by Gasteiger charge is 2.11. The maximum atomic E-state index is 5.34. The van der Waals surface area contributed by atoms with Crippen LogP contribution in [-0.4, -0.2) is 38.3 Å². The summed E-state index contributed by atoms with van der Waals surface area (Å²) in [5.41, 5.74) is 4.32. The van der Waals surface area contributed by atoms with Gasteiger partial charge in [0, 0.05) is 37.7 Å². The average Bonchev–Trinajstić information content (AvgIpc) is 3.00. The Morgan fingerprint density at radius 1 is 1.08 bits per heavy atom. The average molecular weight is 343 g/mol. The van der Waals surface area contributed by atoms with Crippen molar-refractivity contribution in [2.75, 3.05) is 33.2 Å². The van der Waals surface area contributed by atoms with Gasteiger partial charge in [-0.05, 0) is 11.6 Å². The van der Waals surface area contributed by atoms with Crippen LogP contribution in [0.25, 0.3) is 11.0 Å². The Bertz CT molecular complexity index is 804. The van der Waals surface area contributed by atoms with Crippen molar-refractivity contribution in [1.82, 2.24) is 9.97 Å². The number of rotatable bonds is 6. The van der Waals surface area contributed by atoms with Crippen LogP contribution in [-0.2, 0) is 5.75 Å². The van der Waals surface area contributed by atoms with Crippen LogP contribution in [0, 0.1) is 0 Å². The topological polar surface area (TPSA) is 50.4 Å². The quantitative estimate of drug-likeness (QED) is 0.687. The number of fused-ring (bicyclic) bond motifs is 1. The summed E-state index contributed by atoms with van der Waals surface area (Å²) in [7, 11) is 7.38. The van der Waals surface area contributed by atoms with Crippen molar-refractivity contribution in [1.29, 1.82) is 0 Å². The number of anilines is 1. The molecule has 3 rings (SSSR count). The predicted octanol–water partition coefficient (Wildman–Crippen LogP) is 3.94. The molecule has 0 atom stereocenters. The predicted molar refractivity (Wildman–Crippen MR) is 99.5 cm³/mol. The molecule has 0 aliphatic rings. The fourth-order valence-electron chi connectivity index (χ4n) is 2.60. The van der Waals surface area contributed by atoms with E-state index in [1.807, 2.05) is 12.1 Å². The Hall–Kier alpha value is -2.34. The van der Waals surface area contributed by atoms with E-state index in [4.69, 9.17) is 9.47 Å². The van der Waals surface area contributed by atoms with Crippen LogP contribution < -0.4 is 14.4 Å². The van der Waals surface area contributed by atoms with Crippen molar-refractivity contribution < 1.29 is 9.47 Å². The van der Waals surface area contributed by atoms with Crippen LogP contribution in [0.15, 0.2) is 41.6 Å². The highest BCUT2D eigenvalue weighted by Crippen LogP contribution is 2.33. The van der Waals surface area contributed by atoms with Gasteiger partial charge in [-0.3, -0.25) is 0 Å². The number of para-hydroxylation sites is 1. The van der Waals surface area contributed by atoms with Crippen LogP contribution in [0.1, 0.15) is 5.56 Å². The van der Waals surface area contributed by atoms with Gasteiger partial charge in [-0.1, -0.05) is 30.0 Å². The molecule has 0 bridgehead atoms. The number of aromatic nitrogens is 2. The van der Waals surface area contributed by atoms with E-state index in [0.29, 0.717) is 11.5 Å². The van der Waals surface area contributed by atoms with Gasteiger partial charge in [-0.25, -0.2) is 4.98 Å². The lowest BCUT2D eigenvalue weighted by atomic mass is 10.2. The smallest absolute Gasteiger partial charge is 0.166 e. The zero-order valence-corrected chi connectivity index (χ0v) is 15.1. The molecule has 0 aliphatic heterocycles. The minimum Gasteiger partial charge on any atom is -0.493 e. The third-order valence-electron chi connectivity index (χ3n) is 3.80. The third-order valence-corrected chi connectivity index (χ3v) is 4.73. The summed E-state index contributed by atoms with van der Waals surface area (Å²) in [4.78, 5) is 10.1. The van der Waals surface area contributed by atoms with Gasteiger partial charge >= 0.3 is 0 Å². The standard InChI is InChI=1S/C18H21N3O2S/c1-21(2)15-8-6-5-7-12(15)11-24-18-19-13-9-16(22-3)17(23-4)10-14(13)20-18/h5-10H,11H2,1-4H3,(H,19,20). The van der Waals surface area contributed by atoms with E-state index in [-0.39, 0.29) is 0 Å². The van der Waals surface area contributed by atoms with E-state index in [1.165, 1.54) is 11.3 Å². The number of ether oxygens (including phenoxy) is 2. The van der Waals surface area contributed by atoms with Gasteiger partial charge in [-0.15, -0.1) is 0 Å². The van der Waals surface area contributed by atoms with Crippen LogP contribution >= 0.6 is 11.8 Å². The monoisotopic (exact) mass is 343 g/mol. The van der Waals surface area contributed by atoms with Gasteiger partial charge in [0.25, 0.3) is 0 Å². The maximum absolute atomic E-state index is 5.34. The largest absolute Gasteiger partial charge is 0.493 e. The molecule has 6 heteroatoms. The summed E-state index contributed by atoms with van der Waals surface area (Å²) >= 11 is 1.68. The molecule has 0 amide bonds. The molecule has 1 N–H and O–H groups in total. The van der Waals surface area contributed by atoms with Crippen molar-refractivity contribution in [2.45, 2.75) is 10.9 Å². The van der Waals surface area contributed by atoms with Crippen molar-refractivity contribution in [3.63, 3.8) is 0 Å². The van der Waals surface area contributed by atoms with Crippen molar-refractivity contribution >= 4 is 28.5 Å². The molecule has 0 fully saturated rings. The SMILES string of the molecule is COc1cc2nc(SCc3ccccc3N(C)C)[nH]c2cc1OC. The molecular weight excluding hydrogens is 322 g/mol. The summed E-state index contributed by atoms with van der Waals surface area (Å²) in [6.07, 6.45) is 0. The van der Waals surface area contributed by atoms with Crippen molar-refractivity contribution in [2.24, 2.45) is 0 Å². The molecule has 5 nitrogen and oxygen atoms in total. The summed E-state index contributed by atoms with van der Waals surface area (Å²) < 4.78 is 10.7. The first-order chi connectivity index (χ1) is 11.6. The second kappa shape index (κ2) is 7.05. The van der Waals surface area contributed by atoms with E-state index >= 15 is 0 Å². The lowest BCUT2D eigenvalue weighted by molar-refractivity contribution is 0.356. The lowest BCUT2D eigenvalue weighted by Gasteiger charge is -2.16. The van der Waals surface area contributed by atoms with E-state index in [9.17, 15) is 0 Å². The van der Waals surface area contributed by atoms with E-state index < -0.39 is 0 Å². The van der Waals surface area contributed by atoms with Crippen LogP contribution in [0.5, 0.6) is 11.5 Å². The minimum atomic E-state index is 0.686. The summed E-state index contributed by atoms with van der Waals surface area (Å²) in [5, 5.41) is 0.883. The Kier molecular flexibility index (Phi) is 4.85. The summed E-state index contributed by atoms with van der Waals surface area (Å²) in [6.45, 7) is 0.